The molecule has 216 valence electrons. The van der Waals surface area contributed by atoms with Crippen molar-refractivity contribution in [2.45, 2.75) is 16.0 Å². The summed E-state index contributed by atoms with van der Waals surface area (Å²) in [5.41, 5.74) is 2.81. The molecule has 10 heteroatoms. The maximum absolute atomic E-state index is 15.4. The monoisotopic (exact) mass is 629 g/mol. The van der Waals surface area contributed by atoms with Crippen LogP contribution in [-0.4, -0.2) is 43.4 Å². The standard InChI is InChI=1S/C33H25Cl2N3O4S/c1-42-32(39)33(21-36-20-28(33)22-12-16-25(34)17-13-22)43(40,41)31-29(23-14-18-26(35)19-15-23)37-38(27-10-6-3-7-11-27)30(31)24-8-4-2-5-9-24/h2-21,30-31H,1H3. The van der Waals surface area contributed by atoms with Gasteiger partial charge in [-0.05, 0) is 53.1 Å². The van der Waals surface area contributed by atoms with Crippen molar-refractivity contribution in [1.29, 1.82) is 0 Å². The number of carbonyl (C=O) groups excluding carboxylic acids is 1. The first-order valence-electron chi connectivity index (χ1n) is 13.3. The molecule has 0 radical (unpaired) electrons. The number of methoxy groups -OCH3 is 1. The third kappa shape index (κ3) is 4.85. The number of rotatable bonds is 7. The molecule has 43 heavy (non-hydrogen) atoms. The van der Waals surface area contributed by atoms with Crippen LogP contribution in [0.25, 0.3) is 5.57 Å². The van der Waals surface area contributed by atoms with Gasteiger partial charge in [-0.1, -0.05) is 96.0 Å². The average molecular weight is 631 g/mol. The van der Waals surface area contributed by atoms with Crippen molar-refractivity contribution in [2.24, 2.45) is 10.1 Å². The van der Waals surface area contributed by atoms with Gasteiger partial charge in [-0.25, -0.2) is 13.2 Å². The van der Waals surface area contributed by atoms with Gasteiger partial charge in [-0.15, -0.1) is 0 Å². The van der Waals surface area contributed by atoms with Crippen LogP contribution < -0.4 is 5.01 Å². The van der Waals surface area contributed by atoms with Gasteiger partial charge in [0.05, 0.1) is 18.5 Å². The number of hydrogen-bond donors (Lipinski definition) is 0. The summed E-state index contributed by atoms with van der Waals surface area (Å²) in [5, 5.41) is 6.27. The largest absolute Gasteiger partial charge is 0.467 e. The van der Waals surface area contributed by atoms with Gasteiger partial charge in [0, 0.05) is 28.0 Å². The lowest BCUT2D eigenvalue weighted by molar-refractivity contribution is -0.140. The first kappa shape index (κ1) is 28.9. The topological polar surface area (TPSA) is 88.4 Å². The molecule has 0 amide bonds. The third-order valence-corrected chi connectivity index (χ3v) is 10.7. The molecule has 0 aliphatic carbocycles. The predicted octanol–water partition coefficient (Wildman–Crippen LogP) is 6.78. The smallest absolute Gasteiger partial charge is 0.337 e. The Hall–Kier alpha value is -4.24. The van der Waals surface area contributed by atoms with E-state index in [0.29, 0.717) is 32.4 Å². The third-order valence-electron chi connectivity index (χ3n) is 7.62. The van der Waals surface area contributed by atoms with E-state index in [9.17, 15) is 4.79 Å². The zero-order valence-electron chi connectivity index (χ0n) is 22.8. The summed E-state index contributed by atoms with van der Waals surface area (Å²) in [6.45, 7) is 0. The first-order chi connectivity index (χ1) is 20.8. The minimum Gasteiger partial charge on any atom is -0.467 e. The summed E-state index contributed by atoms with van der Waals surface area (Å²) in [7, 11) is -3.43. The molecule has 0 saturated heterocycles. The highest BCUT2D eigenvalue weighted by atomic mass is 35.5. The van der Waals surface area contributed by atoms with Crippen molar-refractivity contribution < 1.29 is 17.9 Å². The number of ether oxygens (including phenoxy) is 1. The maximum atomic E-state index is 15.4. The van der Waals surface area contributed by atoms with Gasteiger partial charge in [0.1, 0.15) is 11.3 Å². The molecular weight excluding hydrogens is 605 g/mol. The van der Waals surface area contributed by atoms with Crippen molar-refractivity contribution in [3.05, 3.63) is 142 Å². The quantitative estimate of drug-likeness (QED) is 0.210. The van der Waals surface area contributed by atoms with Crippen LogP contribution in [0.3, 0.4) is 0 Å². The number of carbonyl (C=O) groups is 1. The van der Waals surface area contributed by atoms with Crippen molar-refractivity contribution in [2.75, 3.05) is 12.1 Å². The molecule has 6 rings (SSSR count). The Kier molecular flexibility index (Phi) is 7.68. The Bertz CT molecular complexity index is 1860. The van der Waals surface area contributed by atoms with Crippen LogP contribution in [-0.2, 0) is 19.4 Å². The van der Waals surface area contributed by atoms with Crippen LogP contribution in [0.1, 0.15) is 22.7 Å². The van der Waals surface area contributed by atoms with E-state index in [1.807, 2.05) is 60.7 Å². The molecule has 0 aromatic heterocycles. The van der Waals surface area contributed by atoms with E-state index < -0.39 is 31.8 Å². The number of hydrogen-bond acceptors (Lipinski definition) is 7. The summed E-state index contributed by atoms with van der Waals surface area (Å²) in [4.78, 5) is 18.1. The zero-order valence-corrected chi connectivity index (χ0v) is 25.2. The summed E-state index contributed by atoms with van der Waals surface area (Å²) in [6.07, 6.45) is 2.54. The molecule has 2 aliphatic rings. The van der Waals surface area contributed by atoms with Gasteiger partial charge < -0.3 is 4.74 Å². The Labute approximate surface area is 259 Å². The zero-order chi connectivity index (χ0) is 30.2. The average Bonchev–Trinajstić information content (AvgIpc) is 3.67. The highest BCUT2D eigenvalue weighted by Gasteiger charge is 2.63. The number of aliphatic imine (C=N–C) groups is 1. The molecule has 4 aromatic carbocycles. The lowest BCUT2D eigenvalue weighted by Gasteiger charge is -2.34. The van der Waals surface area contributed by atoms with E-state index in [2.05, 4.69) is 4.99 Å². The molecule has 4 aromatic rings. The van der Waals surface area contributed by atoms with Crippen LogP contribution >= 0.6 is 23.2 Å². The number of hydrazone groups is 1. The molecule has 0 spiro atoms. The van der Waals surface area contributed by atoms with E-state index in [1.165, 1.54) is 13.3 Å². The summed E-state index contributed by atoms with van der Waals surface area (Å²) < 4.78 is 33.8. The minimum absolute atomic E-state index is 0.163. The van der Waals surface area contributed by atoms with Crippen LogP contribution in [0.15, 0.2) is 125 Å². The Morgan fingerprint density at radius 2 is 1.37 bits per heavy atom. The number of benzene rings is 4. The van der Waals surface area contributed by atoms with Gasteiger partial charge in [0.2, 0.25) is 4.75 Å². The molecule has 0 N–H and O–H groups in total. The number of esters is 1. The Balaban J connectivity index is 1.63. The van der Waals surface area contributed by atoms with E-state index in [4.69, 9.17) is 33.0 Å². The van der Waals surface area contributed by atoms with Gasteiger partial charge in [0.25, 0.3) is 0 Å². The van der Waals surface area contributed by atoms with Gasteiger partial charge in [-0.3, -0.25) is 10.0 Å². The normalized spacial score (nSPS) is 21.4. The molecule has 0 saturated carbocycles. The number of para-hydroxylation sites is 1. The predicted molar refractivity (Wildman–Crippen MR) is 171 cm³/mol. The molecule has 3 atom stereocenters. The fraction of sp³-hybridized carbons (Fsp3) is 0.121. The van der Waals surface area contributed by atoms with E-state index in [1.54, 1.807) is 53.5 Å². The maximum Gasteiger partial charge on any atom is 0.337 e. The van der Waals surface area contributed by atoms with Crippen molar-refractivity contribution in [3.8, 4) is 0 Å². The number of halogens is 2. The van der Waals surface area contributed by atoms with Crippen LogP contribution in [0, 0.1) is 0 Å². The molecule has 3 unspecified atom stereocenters. The second-order valence-electron chi connectivity index (χ2n) is 10.0. The molecule has 0 fully saturated rings. The fourth-order valence-corrected chi connectivity index (χ4v) is 8.34. The summed E-state index contributed by atoms with van der Waals surface area (Å²) in [6, 6.07) is 31.1. The van der Waals surface area contributed by atoms with Crippen molar-refractivity contribution in [3.63, 3.8) is 0 Å². The number of anilines is 1. The highest BCUT2D eigenvalue weighted by molar-refractivity contribution is 7.96. The van der Waals surface area contributed by atoms with Crippen LogP contribution in [0.2, 0.25) is 10.0 Å². The van der Waals surface area contributed by atoms with Crippen LogP contribution in [0.4, 0.5) is 5.69 Å². The summed E-state index contributed by atoms with van der Waals surface area (Å²) in [5.74, 6) is -0.977. The molecule has 7 nitrogen and oxygen atoms in total. The van der Waals surface area contributed by atoms with Gasteiger partial charge in [0.15, 0.2) is 9.84 Å². The lowest BCUT2D eigenvalue weighted by Crippen LogP contribution is -2.55. The SMILES string of the molecule is COC(=O)C1(S(=O)(=O)C2C(c3ccc(Cl)cc3)=NN(c3ccccc3)C2c2ccccc2)C=NC=C1c1ccc(Cl)cc1. The Morgan fingerprint density at radius 1 is 0.814 bits per heavy atom. The molecule has 0 bridgehead atoms. The fourth-order valence-electron chi connectivity index (χ4n) is 5.60. The first-order valence-corrected chi connectivity index (χ1v) is 15.6. The minimum atomic E-state index is -4.60. The molecule has 2 heterocycles. The Morgan fingerprint density at radius 3 is 1.95 bits per heavy atom. The van der Waals surface area contributed by atoms with E-state index >= 15 is 8.42 Å². The van der Waals surface area contributed by atoms with Crippen molar-refractivity contribution in [1.82, 2.24) is 0 Å². The second-order valence-corrected chi connectivity index (χ2v) is 13.2. The second kappa shape index (κ2) is 11.4. The van der Waals surface area contributed by atoms with Gasteiger partial charge in [-0.2, -0.15) is 5.10 Å². The lowest BCUT2D eigenvalue weighted by atomic mass is 9.94. The van der Waals surface area contributed by atoms with E-state index in [-0.39, 0.29) is 11.3 Å². The van der Waals surface area contributed by atoms with Crippen LogP contribution in [0.5, 0.6) is 0 Å². The summed E-state index contributed by atoms with van der Waals surface area (Å²) >= 11 is 12.4. The van der Waals surface area contributed by atoms with Gasteiger partial charge >= 0.3 is 5.97 Å². The van der Waals surface area contributed by atoms with Crippen molar-refractivity contribution >= 4 is 62.2 Å². The number of sulfone groups is 1. The molecular formula is C33H25Cl2N3O4S. The van der Waals surface area contributed by atoms with E-state index in [0.717, 1.165) is 6.21 Å². The molecule has 2 aliphatic heterocycles. The highest BCUT2D eigenvalue weighted by Crippen LogP contribution is 2.47. The number of nitrogens with zero attached hydrogens (tertiary/aromatic N) is 3.